The average molecular weight is 533 g/mol. The van der Waals surface area contributed by atoms with E-state index in [1.54, 1.807) is 12.1 Å². The minimum absolute atomic E-state index is 0.0178. The maximum Gasteiger partial charge on any atom is 0.264 e. The first kappa shape index (κ1) is 24.2. The number of aryl methyl sites for hydroxylation is 1. The number of aromatic nitrogens is 2. The van der Waals surface area contributed by atoms with Crippen molar-refractivity contribution in [1.29, 1.82) is 0 Å². The van der Waals surface area contributed by atoms with Crippen LogP contribution in [0, 0.1) is 6.92 Å². The van der Waals surface area contributed by atoms with E-state index in [2.05, 4.69) is 15.5 Å². The second kappa shape index (κ2) is 10.1. The van der Waals surface area contributed by atoms with E-state index in [4.69, 9.17) is 23.2 Å². The molecule has 0 unspecified atom stereocenters. The number of nitrogens with one attached hydrogen (secondary N) is 1. The normalized spacial score (nSPS) is 11.3. The minimum atomic E-state index is -4.14. The number of hydrogen-bond donors (Lipinski definition) is 1. The van der Waals surface area contributed by atoms with E-state index < -0.39 is 22.5 Å². The zero-order chi connectivity index (χ0) is 24.3. The highest BCUT2D eigenvalue weighted by Gasteiger charge is 2.29. The van der Waals surface area contributed by atoms with Gasteiger partial charge in [0.1, 0.15) is 11.6 Å². The zero-order valence-corrected chi connectivity index (χ0v) is 20.9. The Labute approximate surface area is 211 Å². The smallest absolute Gasteiger partial charge is 0.264 e. The highest BCUT2D eigenvalue weighted by atomic mass is 35.5. The van der Waals surface area contributed by atoms with Gasteiger partial charge in [0, 0.05) is 10.6 Å². The van der Waals surface area contributed by atoms with Gasteiger partial charge in [-0.1, -0.05) is 82.6 Å². The van der Waals surface area contributed by atoms with Crippen LogP contribution in [0.3, 0.4) is 0 Å². The van der Waals surface area contributed by atoms with Crippen molar-refractivity contribution in [2.75, 3.05) is 16.2 Å². The molecule has 7 nitrogen and oxygen atoms in total. The molecule has 0 aliphatic carbocycles. The molecule has 0 saturated heterocycles. The summed E-state index contributed by atoms with van der Waals surface area (Å²) in [5.41, 5.74) is 1.84. The van der Waals surface area contributed by atoms with Gasteiger partial charge in [0.05, 0.1) is 15.6 Å². The van der Waals surface area contributed by atoms with Crippen molar-refractivity contribution >= 4 is 61.3 Å². The van der Waals surface area contributed by atoms with Crippen LogP contribution >= 0.6 is 34.5 Å². The van der Waals surface area contributed by atoms with Gasteiger partial charge >= 0.3 is 0 Å². The SMILES string of the molecule is Cc1ccc(S(=O)(=O)N(CC(=O)Nc2nnc(-c3ccccc3)s2)c2cc(Cl)ccc2Cl)cc1. The van der Waals surface area contributed by atoms with Gasteiger partial charge < -0.3 is 0 Å². The third kappa shape index (κ3) is 5.39. The van der Waals surface area contributed by atoms with Crippen LogP contribution in [0.4, 0.5) is 10.8 Å². The molecular weight excluding hydrogens is 515 g/mol. The summed E-state index contributed by atoms with van der Waals surface area (Å²) < 4.78 is 27.9. The van der Waals surface area contributed by atoms with Gasteiger partial charge in [-0.15, -0.1) is 10.2 Å². The molecule has 1 aromatic heterocycles. The van der Waals surface area contributed by atoms with Crippen molar-refractivity contribution < 1.29 is 13.2 Å². The highest BCUT2D eigenvalue weighted by Crippen LogP contribution is 2.33. The van der Waals surface area contributed by atoms with E-state index in [0.717, 1.165) is 15.4 Å². The third-order valence-corrected chi connectivity index (χ3v) is 7.98. The fraction of sp³-hybridized carbons (Fsp3) is 0.0870. The van der Waals surface area contributed by atoms with Crippen LogP contribution in [0.1, 0.15) is 5.56 Å². The molecular formula is C23H18Cl2N4O3S2. The van der Waals surface area contributed by atoms with E-state index >= 15 is 0 Å². The van der Waals surface area contributed by atoms with Crippen molar-refractivity contribution in [1.82, 2.24) is 10.2 Å². The number of hydrogen-bond acceptors (Lipinski definition) is 6. The molecule has 174 valence electrons. The Balaban J connectivity index is 1.63. The van der Waals surface area contributed by atoms with Gasteiger partial charge in [-0.05, 0) is 37.3 Å². The maximum absolute atomic E-state index is 13.5. The quantitative estimate of drug-likeness (QED) is 0.331. The Morgan fingerprint density at radius 2 is 1.71 bits per heavy atom. The van der Waals surface area contributed by atoms with Crippen LogP contribution in [0.5, 0.6) is 0 Å². The molecule has 3 aromatic carbocycles. The van der Waals surface area contributed by atoms with E-state index in [-0.39, 0.29) is 25.8 Å². The standard InChI is InChI=1S/C23H18Cl2N4O3S2/c1-15-7-10-18(11-8-15)34(31,32)29(20-13-17(24)9-12-19(20)25)14-21(30)26-23-28-27-22(33-23)16-5-3-2-4-6-16/h2-13H,14H2,1H3,(H,26,28,30). The molecule has 1 N–H and O–H groups in total. The second-order valence-electron chi connectivity index (χ2n) is 7.25. The van der Waals surface area contributed by atoms with Gasteiger partial charge in [0.25, 0.3) is 10.0 Å². The fourth-order valence-electron chi connectivity index (χ4n) is 3.07. The van der Waals surface area contributed by atoms with E-state index in [9.17, 15) is 13.2 Å². The number of sulfonamides is 1. The largest absolute Gasteiger partial charge is 0.299 e. The molecule has 1 amide bonds. The number of rotatable bonds is 7. The monoisotopic (exact) mass is 532 g/mol. The molecule has 0 spiro atoms. The molecule has 0 atom stereocenters. The molecule has 0 aliphatic rings. The van der Waals surface area contributed by atoms with Gasteiger partial charge in [0.15, 0.2) is 0 Å². The molecule has 0 bridgehead atoms. The Hall–Kier alpha value is -2.98. The Morgan fingerprint density at radius 1 is 1.00 bits per heavy atom. The lowest BCUT2D eigenvalue weighted by molar-refractivity contribution is -0.114. The molecule has 11 heteroatoms. The van der Waals surface area contributed by atoms with Crippen LogP contribution in [0.15, 0.2) is 77.7 Å². The van der Waals surface area contributed by atoms with Crippen LogP contribution in [-0.4, -0.2) is 31.1 Å². The number of carbonyl (C=O) groups excluding carboxylic acids is 1. The highest BCUT2D eigenvalue weighted by molar-refractivity contribution is 7.92. The predicted molar refractivity (Wildman–Crippen MR) is 136 cm³/mol. The number of anilines is 2. The molecule has 0 fully saturated rings. The van der Waals surface area contributed by atoms with E-state index in [0.29, 0.717) is 5.01 Å². The van der Waals surface area contributed by atoms with Crippen LogP contribution < -0.4 is 9.62 Å². The first-order chi connectivity index (χ1) is 16.2. The first-order valence-electron chi connectivity index (χ1n) is 9.97. The summed E-state index contributed by atoms with van der Waals surface area (Å²) in [5.74, 6) is -0.609. The summed E-state index contributed by atoms with van der Waals surface area (Å²) in [6.07, 6.45) is 0. The van der Waals surface area contributed by atoms with Crippen LogP contribution in [0.2, 0.25) is 10.0 Å². The van der Waals surface area contributed by atoms with Crippen LogP contribution in [-0.2, 0) is 14.8 Å². The van der Waals surface area contributed by atoms with Gasteiger partial charge in [0.2, 0.25) is 11.0 Å². The summed E-state index contributed by atoms with van der Waals surface area (Å²) in [7, 11) is -4.14. The predicted octanol–water partition coefficient (Wildman–Crippen LogP) is 5.65. The molecule has 4 aromatic rings. The zero-order valence-electron chi connectivity index (χ0n) is 17.8. The summed E-state index contributed by atoms with van der Waals surface area (Å²) in [6, 6.07) is 20.1. The summed E-state index contributed by atoms with van der Waals surface area (Å²) in [4.78, 5) is 12.9. The molecule has 0 aliphatic heterocycles. The second-order valence-corrected chi connectivity index (χ2v) is 10.9. The van der Waals surface area contributed by atoms with Gasteiger partial charge in [-0.3, -0.25) is 14.4 Å². The van der Waals surface area contributed by atoms with E-state index in [1.165, 1.54) is 41.7 Å². The molecule has 1 heterocycles. The summed E-state index contributed by atoms with van der Waals surface area (Å²) in [5, 5.41) is 12.0. The van der Waals surface area contributed by atoms with E-state index in [1.807, 2.05) is 37.3 Å². The molecule has 4 rings (SSSR count). The Kier molecular flexibility index (Phi) is 7.18. The van der Waals surface area contributed by atoms with Crippen molar-refractivity contribution in [3.05, 3.63) is 88.4 Å². The van der Waals surface area contributed by atoms with Crippen molar-refractivity contribution in [3.63, 3.8) is 0 Å². The van der Waals surface area contributed by atoms with Gasteiger partial charge in [-0.25, -0.2) is 8.42 Å². The topological polar surface area (TPSA) is 92.3 Å². The lowest BCUT2D eigenvalue weighted by atomic mass is 10.2. The van der Waals surface area contributed by atoms with Crippen molar-refractivity contribution in [2.45, 2.75) is 11.8 Å². The number of amides is 1. The lowest BCUT2D eigenvalue weighted by Crippen LogP contribution is -2.38. The number of benzene rings is 3. The molecule has 0 radical (unpaired) electrons. The first-order valence-corrected chi connectivity index (χ1v) is 13.0. The maximum atomic E-state index is 13.5. The summed E-state index contributed by atoms with van der Waals surface area (Å²) >= 11 is 13.6. The average Bonchev–Trinajstić information content (AvgIpc) is 3.28. The fourth-order valence-corrected chi connectivity index (χ4v) is 5.71. The number of halogens is 2. The molecule has 0 saturated carbocycles. The summed E-state index contributed by atoms with van der Waals surface area (Å²) in [6.45, 7) is 1.30. The van der Waals surface area contributed by atoms with Crippen molar-refractivity contribution in [3.8, 4) is 10.6 Å². The number of carbonyl (C=O) groups is 1. The molecule has 34 heavy (non-hydrogen) atoms. The minimum Gasteiger partial charge on any atom is -0.299 e. The lowest BCUT2D eigenvalue weighted by Gasteiger charge is -2.25. The van der Waals surface area contributed by atoms with Crippen LogP contribution in [0.25, 0.3) is 10.6 Å². The Morgan fingerprint density at radius 3 is 2.41 bits per heavy atom. The number of nitrogens with zero attached hydrogens (tertiary/aromatic N) is 3. The third-order valence-electron chi connectivity index (χ3n) is 4.77. The van der Waals surface area contributed by atoms with Gasteiger partial charge in [-0.2, -0.15) is 0 Å². The van der Waals surface area contributed by atoms with Crippen molar-refractivity contribution in [2.24, 2.45) is 0 Å². The Bertz CT molecular complexity index is 1430.